The summed E-state index contributed by atoms with van der Waals surface area (Å²) in [6.45, 7) is 1.44. The first-order chi connectivity index (χ1) is 28.6. The van der Waals surface area contributed by atoms with Crippen LogP contribution in [0.25, 0.3) is 6.08 Å². The van der Waals surface area contributed by atoms with Crippen molar-refractivity contribution < 1.29 is 62.3 Å². The molecule has 0 unspecified atom stereocenters. The van der Waals surface area contributed by atoms with E-state index in [1.54, 1.807) is 0 Å². The second-order valence-corrected chi connectivity index (χ2v) is 12.6. The SMILES string of the molecule is COc1c(NC(=O)c2ccc(NC(=O)c3ccc(NC(=O)[C@H](C)NC(=O)c4ccc(NC(=O)/C(F)=C/c5ccc(F)cc5)cc4)cc3)c(OC)c2O)ccc(C(=O)O)c1O. The van der Waals surface area contributed by atoms with E-state index in [4.69, 9.17) is 9.47 Å². The van der Waals surface area contributed by atoms with Gasteiger partial charge in [-0.2, -0.15) is 0 Å². The summed E-state index contributed by atoms with van der Waals surface area (Å²) in [6.07, 6.45) is 0.942. The largest absolute Gasteiger partial charge is 0.504 e. The molecule has 5 amide bonds. The molecule has 16 nitrogen and oxygen atoms in total. The number of carbonyl (C=O) groups excluding carboxylic acids is 5. The molecule has 5 aromatic rings. The second-order valence-electron chi connectivity index (χ2n) is 12.6. The van der Waals surface area contributed by atoms with Gasteiger partial charge in [0.25, 0.3) is 23.6 Å². The summed E-state index contributed by atoms with van der Waals surface area (Å²) in [7, 11) is 2.35. The molecule has 0 aliphatic heterocycles. The van der Waals surface area contributed by atoms with Gasteiger partial charge in [-0.25, -0.2) is 13.6 Å². The summed E-state index contributed by atoms with van der Waals surface area (Å²) in [6, 6.07) is 19.7. The lowest BCUT2D eigenvalue weighted by Crippen LogP contribution is -2.41. The lowest BCUT2D eigenvalue weighted by atomic mass is 10.1. The maximum Gasteiger partial charge on any atom is 0.339 e. The molecule has 5 rings (SSSR count). The van der Waals surface area contributed by atoms with Gasteiger partial charge in [0.1, 0.15) is 17.4 Å². The third kappa shape index (κ3) is 10.2. The number of carboxylic acids is 1. The number of halogens is 2. The highest BCUT2D eigenvalue weighted by molar-refractivity contribution is 6.10. The number of aromatic hydroxyl groups is 2. The van der Waals surface area contributed by atoms with Crippen molar-refractivity contribution in [2.45, 2.75) is 13.0 Å². The highest BCUT2D eigenvalue weighted by Crippen LogP contribution is 2.40. The van der Waals surface area contributed by atoms with Crippen LogP contribution in [0, 0.1) is 5.82 Å². The van der Waals surface area contributed by atoms with Crippen molar-refractivity contribution in [3.63, 3.8) is 0 Å². The van der Waals surface area contributed by atoms with E-state index in [1.807, 2.05) is 0 Å². The predicted octanol–water partition coefficient (Wildman–Crippen LogP) is 6.16. The van der Waals surface area contributed by atoms with Gasteiger partial charge in [0.05, 0.1) is 31.2 Å². The predicted molar refractivity (Wildman–Crippen MR) is 215 cm³/mol. The third-order valence-corrected chi connectivity index (χ3v) is 8.58. The number of amides is 5. The monoisotopic (exact) mass is 823 g/mol. The third-order valence-electron chi connectivity index (χ3n) is 8.58. The fourth-order valence-electron chi connectivity index (χ4n) is 5.46. The van der Waals surface area contributed by atoms with Gasteiger partial charge in [-0.15, -0.1) is 0 Å². The summed E-state index contributed by atoms with van der Waals surface area (Å²) >= 11 is 0. The van der Waals surface area contributed by atoms with Crippen molar-refractivity contribution >= 4 is 64.3 Å². The van der Waals surface area contributed by atoms with Crippen LogP contribution in [0.5, 0.6) is 23.0 Å². The fraction of sp³-hybridized carbons (Fsp3) is 0.0952. The summed E-state index contributed by atoms with van der Waals surface area (Å²) in [4.78, 5) is 75.5. The Morgan fingerprint density at radius 2 is 1.10 bits per heavy atom. The average molecular weight is 824 g/mol. The van der Waals surface area contributed by atoms with E-state index in [0.29, 0.717) is 0 Å². The minimum absolute atomic E-state index is 0.0107. The lowest BCUT2D eigenvalue weighted by molar-refractivity contribution is -0.117. The van der Waals surface area contributed by atoms with Gasteiger partial charge in [0.2, 0.25) is 5.91 Å². The number of methoxy groups -OCH3 is 2. The van der Waals surface area contributed by atoms with Crippen LogP contribution in [0.15, 0.2) is 103 Å². The number of benzene rings is 5. The number of anilines is 4. The Morgan fingerprint density at radius 1 is 0.617 bits per heavy atom. The van der Waals surface area contributed by atoms with Gasteiger partial charge in [-0.1, -0.05) is 12.1 Å². The van der Waals surface area contributed by atoms with E-state index < -0.39 is 70.3 Å². The number of phenolic OH excluding ortho intramolecular Hbond substituents is 1. The van der Waals surface area contributed by atoms with Crippen molar-refractivity contribution in [1.29, 1.82) is 0 Å². The smallest absolute Gasteiger partial charge is 0.339 e. The molecule has 0 spiro atoms. The molecule has 0 bridgehead atoms. The highest BCUT2D eigenvalue weighted by Gasteiger charge is 2.24. The number of rotatable bonds is 14. The molecule has 0 aliphatic rings. The van der Waals surface area contributed by atoms with Crippen LogP contribution in [-0.4, -0.2) is 71.1 Å². The van der Waals surface area contributed by atoms with Crippen LogP contribution < -0.4 is 36.1 Å². The lowest BCUT2D eigenvalue weighted by Gasteiger charge is -2.16. The zero-order valence-corrected chi connectivity index (χ0v) is 31.8. The maximum atomic E-state index is 14.3. The minimum atomic E-state index is -1.43. The molecule has 1 atom stereocenters. The van der Waals surface area contributed by atoms with Gasteiger partial charge in [0, 0.05) is 22.5 Å². The first kappa shape index (κ1) is 42.9. The molecule has 0 radical (unpaired) electrons. The molecule has 0 fully saturated rings. The molecule has 0 saturated carbocycles. The number of ether oxygens (including phenoxy) is 2. The summed E-state index contributed by atoms with van der Waals surface area (Å²) in [5.74, 6) is -8.82. The van der Waals surface area contributed by atoms with Crippen molar-refractivity contribution in [2.24, 2.45) is 0 Å². The second kappa shape index (κ2) is 18.8. The number of nitrogens with one attached hydrogen (secondary N) is 5. The Morgan fingerprint density at radius 3 is 1.63 bits per heavy atom. The van der Waals surface area contributed by atoms with Gasteiger partial charge >= 0.3 is 5.97 Å². The van der Waals surface area contributed by atoms with E-state index in [-0.39, 0.29) is 56.5 Å². The number of hydrogen-bond acceptors (Lipinski definition) is 10. The number of hydrogen-bond donors (Lipinski definition) is 8. The normalized spacial score (nSPS) is 11.4. The van der Waals surface area contributed by atoms with Gasteiger partial charge in [0.15, 0.2) is 28.8 Å². The van der Waals surface area contributed by atoms with Crippen LogP contribution in [0.4, 0.5) is 31.5 Å². The maximum absolute atomic E-state index is 14.3. The zero-order chi connectivity index (χ0) is 43.7. The Kier molecular flexibility index (Phi) is 13.4. The van der Waals surface area contributed by atoms with Crippen LogP contribution in [0.2, 0.25) is 0 Å². The first-order valence-electron chi connectivity index (χ1n) is 17.5. The summed E-state index contributed by atoms with van der Waals surface area (Å²) < 4.78 is 37.7. The number of aromatic carboxylic acids is 1. The van der Waals surface area contributed by atoms with E-state index in [2.05, 4.69) is 26.6 Å². The molecular weight excluding hydrogens is 788 g/mol. The first-order valence-corrected chi connectivity index (χ1v) is 17.5. The molecule has 0 heterocycles. The molecule has 5 aromatic carbocycles. The molecule has 0 aliphatic carbocycles. The van der Waals surface area contributed by atoms with Gasteiger partial charge in [-0.3, -0.25) is 24.0 Å². The van der Waals surface area contributed by atoms with Gasteiger partial charge in [-0.05, 0) is 103 Å². The standard InChI is InChI=1S/C42H35F2N5O11/c1-21(45-38(53)23-6-14-27(15-7-23)47-41(56)30(44)20-22-4-10-25(43)11-5-22)37(52)46-26-12-8-24(9-13-26)39(54)48-31-18-16-28(33(50)35(31)59-2)40(55)49-32-19-17-29(42(57)58)34(51)36(32)60-3/h4-21,50-51H,1-3H3,(H,45,53)(H,46,52)(H,47,56)(H,48,54)(H,49,55)(H,57,58)/b30-20-/t21-/m0/s1. The minimum Gasteiger partial charge on any atom is -0.504 e. The highest BCUT2D eigenvalue weighted by atomic mass is 19.1. The van der Waals surface area contributed by atoms with Gasteiger partial charge < -0.3 is 51.4 Å². The summed E-state index contributed by atoms with van der Waals surface area (Å²) in [5, 5.41) is 42.9. The Hall–Kier alpha value is -8.28. The van der Waals surface area contributed by atoms with Crippen LogP contribution in [0.3, 0.4) is 0 Å². The quantitative estimate of drug-likeness (QED) is 0.0590. The van der Waals surface area contributed by atoms with E-state index in [1.165, 1.54) is 92.9 Å². The number of carboxylic acid groups (broad SMARTS) is 1. The van der Waals surface area contributed by atoms with Crippen LogP contribution in [-0.2, 0) is 9.59 Å². The number of carbonyl (C=O) groups is 6. The fourth-order valence-corrected chi connectivity index (χ4v) is 5.46. The van der Waals surface area contributed by atoms with E-state index in [9.17, 15) is 52.9 Å². The van der Waals surface area contributed by atoms with Crippen molar-refractivity contribution in [3.8, 4) is 23.0 Å². The van der Waals surface area contributed by atoms with Crippen LogP contribution in [0.1, 0.15) is 53.9 Å². The average Bonchev–Trinajstić information content (AvgIpc) is 3.22. The molecule has 8 N–H and O–H groups in total. The van der Waals surface area contributed by atoms with Crippen molar-refractivity contribution in [1.82, 2.24) is 5.32 Å². The molecule has 308 valence electrons. The number of phenols is 2. The van der Waals surface area contributed by atoms with E-state index in [0.717, 1.165) is 31.4 Å². The molecule has 60 heavy (non-hydrogen) atoms. The molecular formula is C42H35F2N5O11. The zero-order valence-electron chi connectivity index (χ0n) is 31.8. The summed E-state index contributed by atoms with van der Waals surface area (Å²) in [5.41, 5.74) is 0.145. The van der Waals surface area contributed by atoms with E-state index >= 15 is 0 Å². The van der Waals surface area contributed by atoms with Crippen LogP contribution >= 0.6 is 0 Å². The van der Waals surface area contributed by atoms with Crippen molar-refractivity contribution in [2.75, 3.05) is 35.5 Å². The molecule has 18 heteroatoms. The Balaban J connectivity index is 1.15. The Labute approximate surface area is 339 Å². The molecule has 0 aromatic heterocycles. The topological polar surface area (TPSA) is 242 Å². The Bertz CT molecular complexity index is 2510. The molecule has 0 saturated heterocycles. The van der Waals surface area contributed by atoms with Crippen molar-refractivity contribution in [3.05, 3.63) is 137 Å².